The summed E-state index contributed by atoms with van der Waals surface area (Å²) >= 11 is 0. The van der Waals surface area contributed by atoms with Gasteiger partial charge in [-0.25, -0.2) is 14.7 Å². The van der Waals surface area contributed by atoms with Gasteiger partial charge in [-0.1, -0.05) is 70.6 Å². The Balaban J connectivity index is 1.12. The van der Waals surface area contributed by atoms with Crippen LogP contribution in [0.15, 0.2) is 0 Å². The molecule has 4 fully saturated rings. The van der Waals surface area contributed by atoms with Gasteiger partial charge in [-0.15, -0.1) is 0 Å². The van der Waals surface area contributed by atoms with Crippen molar-refractivity contribution in [2.24, 2.45) is 47.3 Å². The molecule has 0 radical (unpaired) electrons. The van der Waals surface area contributed by atoms with Crippen LogP contribution in [-0.2, 0) is 29.0 Å². The van der Waals surface area contributed by atoms with Gasteiger partial charge >= 0.3 is 11.9 Å². The predicted molar refractivity (Wildman–Crippen MR) is 155 cm³/mol. The minimum absolute atomic E-state index is 0.201. The number of ether oxygens (including phenoxy) is 1. The van der Waals surface area contributed by atoms with Crippen LogP contribution in [0, 0.1) is 47.3 Å². The molecule has 4 aliphatic carbocycles. The molecule has 236 valence electrons. The van der Waals surface area contributed by atoms with Gasteiger partial charge in [0.1, 0.15) is 0 Å². The molecule has 8 nitrogen and oxygen atoms in total. The molecule has 6 unspecified atom stereocenters. The molecule has 41 heavy (non-hydrogen) atoms. The van der Waals surface area contributed by atoms with Crippen LogP contribution in [0.2, 0.25) is 0 Å². The molecule has 4 rings (SSSR count). The fourth-order valence-corrected chi connectivity index (χ4v) is 8.57. The second-order valence-corrected chi connectivity index (χ2v) is 13.8. The number of carboxylic acids is 1. The fraction of sp³-hybridized carbons (Fsp3) is 0.939. The standard InChI is InChI=1S/C33H56O8/c34-32(35)30-15-13-27(19-25-10-5-2-6-11-25)21-31(30)33(36)38-16-7-17-40-41-23-29-20-26(12-14-28(29)22-39-37)18-24-8-3-1-4-9-24/h24-31,37H,1-23H2,(H,34,35). The third-order valence-corrected chi connectivity index (χ3v) is 10.9. The Hall–Kier alpha value is -1.22. The smallest absolute Gasteiger partial charge is 0.309 e. The van der Waals surface area contributed by atoms with Gasteiger partial charge < -0.3 is 9.84 Å². The molecule has 4 aliphatic rings. The molecular weight excluding hydrogens is 524 g/mol. The highest BCUT2D eigenvalue weighted by atomic mass is 17.2. The number of esters is 1. The molecule has 0 aliphatic heterocycles. The van der Waals surface area contributed by atoms with Gasteiger partial charge in [-0.3, -0.25) is 14.8 Å². The van der Waals surface area contributed by atoms with E-state index < -0.39 is 17.8 Å². The van der Waals surface area contributed by atoms with Gasteiger partial charge in [0.25, 0.3) is 0 Å². The molecule has 0 spiro atoms. The van der Waals surface area contributed by atoms with Crippen LogP contribution >= 0.6 is 0 Å². The largest absolute Gasteiger partial charge is 0.481 e. The van der Waals surface area contributed by atoms with E-state index in [9.17, 15) is 14.7 Å². The van der Waals surface area contributed by atoms with Gasteiger partial charge in [-0.05, 0) is 80.5 Å². The molecule has 2 N–H and O–H groups in total. The zero-order valence-corrected chi connectivity index (χ0v) is 25.2. The summed E-state index contributed by atoms with van der Waals surface area (Å²) in [6.07, 6.45) is 21.7. The Morgan fingerprint density at radius 2 is 1.24 bits per heavy atom. The van der Waals surface area contributed by atoms with Crippen molar-refractivity contribution in [3.05, 3.63) is 0 Å². The Morgan fingerprint density at radius 1 is 0.610 bits per heavy atom. The van der Waals surface area contributed by atoms with Crippen molar-refractivity contribution in [2.45, 2.75) is 122 Å². The van der Waals surface area contributed by atoms with Crippen molar-refractivity contribution in [2.75, 3.05) is 26.4 Å². The minimum Gasteiger partial charge on any atom is -0.481 e. The van der Waals surface area contributed by atoms with Crippen LogP contribution in [0.5, 0.6) is 0 Å². The maximum atomic E-state index is 12.9. The van der Waals surface area contributed by atoms with E-state index in [1.807, 2.05) is 0 Å². The van der Waals surface area contributed by atoms with Crippen LogP contribution in [0.4, 0.5) is 0 Å². The van der Waals surface area contributed by atoms with Crippen LogP contribution in [0.3, 0.4) is 0 Å². The maximum absolute atomic E-state index is 12.9. The zero-order valence-electron chi connectivity index (χ0n) is 25.2. The van der Waals surface area contributed by atoms with E-state index >= 15 is 0 Å². The van der Waals surface area contributed by atoms with Gasteiger partial charge in [0.2, 0.25) is 0 Å². The van der Waals surface area contributed by atoms with Crippen LogP contribution in [0.25, 0.3) is 0 Å². The fourth-order valence-electron chi connectivity index (χ4n) is 8.57. The molecule has 0 aromatic heterocycles. The Labute approximate surface area is 247 Å². The average molecular weight is 581 g/mol. The van der Waals surface area contributed by atoms with E-state index in [-0.39, 0.29) is 18.5 Å². The SMILES string of the molecule is O=C(O)C1CCC(CC2CCCCC2)CC1C(=O)OCCCOOCC1CC(CC2CCCCC2)CCC1COO. The first kappa shape index (κ1) is 32.7. The van der Waals surface area contributed by atoms with E-state index in [0.717, 1.165) is 37.5 Å². The molecule has 6 atom stereocenters. The summed E-state index contributed by atoms with van der Waals surface area (Å²) in [4.78, 5) is 40.3. The highest BCUT2D eigenvalue weighted by Crippen LogP contribution is 2.41. The molecule has 0 heterocycles. The summed E-state index contributed by atoms with van der Waals surface area (Å²) in [5.74, 6) is 0.841. The number of aliphatic carboxylic acids is 1. The van der Waals surface area contributed by atoms with Gasteiger partial charge in [0.15, 0.2) is 0 Å². The third kappa shape index (κ3) is 10.8. The first-order valence-electron chi connectivity index (χ1n) is 16.9. The lowest BCUT2D eigenvalue weighted by atomic mass is 9.70. The number of carbonyl (C=O) groups excluding carboxylic acids is 1. The lowest BCUT2D eigenvalue weighted by molar-refractivity contribution is -0.310. The van der Waals surface area contributed by atoms with E-state index in [0.29, 0.717) is 56.8 Å². The molecule has 0 amide bonds. The summed E-state index contributed by atoms with van der Waals surface area (Å²) in [5, 5.41) is 18.8. The van der Waals surface area contributed by atoms with E-state index in [1.165, 1.54) is 77.0 Å². The molecule has 0 aromatic rings. The summed E-state index contributed by atoms with van der Waals surface area (Å²) in [6, 6.07) is 0. The van der Waals surface area contributed by atoms with E-state index in [1.54, 1.807) is 0 Å². The number of hydrogen-bond donors (Lipinski definition) is 2. The number of carboxylic acid groups (broad SMARTS) is 1. The van der Waals surface area contributed by atoms with Crippen LogP contribution in [0.1, 0.15) is 122 Å². The number of carbonyl (C=O) groups is 2. The lowest BCUT2D eigenvalue weighted by Crippen LogP contribution is -2.37. The second kappa shape index (κ2) is 17.8. The number of rotatable bonds is 15. The molecule has 4 saturated carbocycles. The third-order valence-electron chi connectivity index (χ3n) is 10.9. The van der Waals surface area contributed by atoms with Gasteiger partial charge in [-0.2, -0.15) is 0 Å². The zero-order chi connectivity index (χ0) is 28.9. The highest BCUT2D eigenvalue weighted by Gasteiger charge is 2.41. The van der Waals surface area contributed by atoms with E-state index in [4.69, 9.17) is 19.8 Å². The summed E-state index contributed by atoms with van der Waals surface area (Å²) in [7, 11) is 0. The topological polar surface area (TPSA) is 112 Å². The average Bonchev–Trinajstić information content (AvgIpc) is 2.98. The Bertz CT molecular complexity index is 762. The first-order valence-corrected chi connectivity index (χ1v) is 16.9. The van der Waals surface area contributed by atoms with Crippen molar-refractivity contribution < 1.29 is 39.4 Å². The molecule has 0 bridgehead atoms. The molecule has 8 heteroatoms. The van der Waals surface area contributed by atoms with Crippen LogP contribution in [-0.4, -0.2) is 48.7 Å². The monoisotopic (exact) mass is 580 g/mol. The minimum atomic E-state index is -0.881. The molecular formula is C33H56O8. The molecule has 0 saturated heterocycles. The lowest BCUT2D eigenvalue weighted by Gasteiger charge is -2.37. The normalized spacial score (nSPS) is 32.0. The van der Waals surface area contributed by atoms with Crippen molar-refractivity contribution in [3.8, 4) is 0 Å². The number of hydrogen-bond acceptors (Lipinski definition) is 7. The highest BCUT2D eigenvalue weighted by molar-refractivity contribution is 5.81. The quantitative estimate of drug-likeness (QED) is 0.0889. The van der Waals surface area contributed by atoms with Crippen molar-refractivity contribution in [3.63, 3.8) is 0 Å². The maximum Gasteiger partial charge on any atom is 0.309 e. The Morgan fingerprint density at radius 3 is 1.88 bits per heavy atom. The summed E-state index contributed by atoms with van der Waals surface area (Å²) in [6.45, 7) is 1.32. The van der Waals surface area contributed by atoms with Crippen molar-refractivity contribution >= 4 is 11.9 Å². The first-order chi connectivity index (χ1) is 20.0. The second-order valence-electron chi connectivity index (χ2n) is 13.8. The van der Waals surface area contributed by atoms with Crippen molar-refractivity contribution in [1.82, 2.24) is 0 Å². The van der Waals surface area contributed by atoms with Gasteiger partial charge in [0, 0.05) is 6.42 Å². The summed E-state index contributed by atoms with van der Waals surface area (Å²) in [5.41, 5.74) is 0. The van der Waals surface area contributed by atoms with Gasteiger partial charge in [0.05, 0.1) is 38.3 Å². The van der Waals surface area contributed by atoms with Crippen LogP contribution < -0.4 is 0 Å². The molecule has 0 aromatic carbocycles. The predicted octanol–water partition coefficient (Wildman–Crippen LogP) is 7.45. The Kier molecular flexibility index (Phi) is 14.2. The van der Waals surface area contributed by atoms with E-state index in [2.05, 4.69) is 4.89 Å². The van der Waals surface area contributed by atoms with Crippen molar-refractivity contribution in [1.29, 1.82) is 0 Å². The summed E-state index contributed by atoms with van der Waals surface area (Å²) < 4.78 is 5.55.